The zero-order chi connectivity index (χ0) is 10.6. The summed E-state index contributed by atoms with van der Waals surface area (Å²) >= 11 is 0. The first-order chi connectivity index (χ1) is 6.70. The van der Waals surface area contributed by atoms with Crippen molar-refractivity contribution in [2.45, 2.75) is 13.0 Å². The molecule has 0 saturated carbocycles. The summed E-state index contributed by atoms with van der Waals surface area (Å²) in [4.78, 5) is 11.1. The Kier molecular flexibility index (Phi) is 3.29. The van der Waals surface area contributed by atoms with Gasteiger partial charge in [-0.3, -0.25) is 4.79 Å². The topological polar surface area (TPSA) is 42.2 Å². The molecule has 74 valence electrons. The molecule has 3 nitrogen and oxygen atoms in total. The van der Waals surface area contributed by atoms with E-state index in [0.29, 0.717) is 18.7 Å². The molecule has 0 bridgehead atoms. The van der Waals surface area contributed by atoms with Gasteiger partial charge in [-0.1, -0.05) is 12.2 Å². The molecule has 0 radical (unpaired) electrons. The lowest BCUT2D eigenvalue weighted by Gasteiger charge is -2.10. The van der Waals surface area contributed by atoms with Gasteiger partial charge in [0.05, 0.1) is 5.69 Å². The van der Waals surface area contributed by atoms with Crippen LogP contribution in [0.4, 0.5) is 0 Å². The van der Waals surface area contributed by atoms with Gasteiger partial charge in [0.25, 0.3) is 0 Å². The lowest BCUT2D eigenvalue weighted by atomic mass is 10.2. The predicted octanol–water partition coefficient (Wildman–Crippen LogP) is 1.47. The van der Waals surface area contributed by atoms with Crippen LogP contribution in [0.5, 0.6) is 5.75 Å². The Balaban J connectivity index is 3.28. The third-order valence-corrected chi connectivity index (χ3v) is 1.92. The molecule has 0 fully saturated rings. The minimum Gasteiger partial charge on any atom is -0.503 e. The van der Waals surface area contributed by atoms with Crippen molar-refractivity contribution in [3.8, 4) is 5.75 Å². The van der Waals surface area contributed by atoms with Gasteiger partial charge in [0.15, 0.2) is 5.75 Å². The van der Waals surface area contributed by atoms with E-state index in [-0.39, 0.29) is 11.2 Å². The van der Waals surface area contributed by atoms with Crippen LogP contribution in [0.25, 0.3) is 0 Å². The highest BCUT2D eigenvalue weighted by Crippen LogP contribution is 2.12. The maximum atomic E-state index is 11.1. The zero-order valence-electron chi connectivity index (χ0n) is 7.94. The fraction of sp³-hybridized carbons (Fsp3) is 0.182. The van der Waals surface area contributed by atoms with Gasteiger partial charge in [-0.2, -0.15) is 0 Å². The Morgan fingerprint density at radius 3 is 2.71 bits per heavy atom. The average Bonchev–Trinajstić information content (AvgIpc) is 2.18. The lowest BCUT2D eigenvalue weighted by molar-refractivity contribution is 0.453. The molecule has 0 amide bonds. The molecule has 3 heteroatoms. The van der Waals surface area contributed by atoms with Crippen molar-refractivity contribution < 1.29 is 5.11 Å². The van der Waals surface area contributed by atoms with Crippen molar-refractivity contribution in [2.24, 2.45) is 0 Å². The van der Waals surface area contributed by atoms with E-state index in [1.54, 1.807) is 22.9 Å². The molecule has 1 aromatic rings. The van der Waals surface area contributed by atoms with E-state index in [4.69, 9.17) is 0 Å². The molecule has 0 unspecified atom stereocenters. The number of allylic oxidation sites excluding steroid dienone is 2. The molecule has 0 atom stereocenters. The summed E-state index contributed by atoms with van der Waals surface area (Å²) in [5.41, 5.74) is 0.217. The van der Waals surface area contributed by atoms with Crippen LogP contribution in [0, 0.1) is 0 Å². The third-order valence-electron chi connectivity index (χ3n) is 1.92. The summed E-state index contributed by atoms with van der Waals surface area (Å²) in [7, 11) is 0. The van der Waals surface area contributed by atoms with Crippen molar-refractivity contribution in [1.29, 1.82) is 0 Å². The van der Waals surface area contributed by atoms with Crippen LogP contribution in [0.2, 0.25) is 0 Å². The maximum absolute atomic E-state index is 11.1. The number of hydrogen-bond acceptors (Lipinski definition) is 2. The summed E-state index contributed by atoms with van der Waals surface area (Å²) in [6.07, 6.45) is 5.46. The minimum absolute atomic E-state index is 0.200. The molecule has 1 heterocycles. The summed E-state index contributed by atoms with van der Waals surface area (Å²) in [6, 6.07) is 1.34. The first kappa shape index (κ1) is 10.3. The third kappa shape index (κ3) is 1.93. The smallest absolute Gasteiger partial charge is 0.223 e. The van der Waals surface area contributed by atoms with E-state index in [1.165, 1.54) is 6.07 Å². The van der Waals surface area contributed by atoms with E-state index in [2.05, 4.69) is 13.2 Å². The van der Waals surface area contributed by atoms with Crippen molar-refractivity contribution in [1.82, 2.24) is 4.57 Å². The van der Waals surface area contributed by atoms with Gasteiger partial charge in [-0.15, -0.1) is 13.2 Å². The Bertz CT molecular complexity index is 404. The number of rotatable bonds is 4. The highest BCUT2D eigenvalue weighted by atomic mass is 16.3. The van der Waals surface area contributed by atoms with Gasteiger partial charge >= 0.3 is 0 Å². The van der Waals surface area contributed by atoms with Crippen molar-refractivity contribution in [2.75, 3.05) is 0 Å². The molecule has 0 aliphatic rings. The summed E-state index contributed by atoms with van der Waals surface area (Å²) in [5.74, 6) is -0.200. The first-order valence-corrected chi connectivity index (χ1v) is 4.33. The van der Waals surface area contributed by atoms with Crippen molar-refractivity contribution in [3.05, 3.63) is 53.5 Å². The zero-order valence-corrected chi connectivity index (χ0v) is 7.94. The molecule has 1 N–H and O–H groups in total. The molecule has 14 heavy (non-hydrogen) atoms. The van der Waals surface area contributed by atoms with Gasteiger partial charge in [0, 0.05) is 25.2 Å². The van der Waals surface area contributed by atoms with Crippen LogP contribution in [0.1, 0.15) is 5.69 Å². The second-order valence-corrected chi connectivity index (χ2v) is 2.91. The summed E-state index contributed by atoms with van der Waals surface area (Å²) in [6.45, 7) is 7.75. The Labute approximate surface area is 82.6 Å². The standard InChI is InChI=1S/C11H13NO2/c1-3-5-9-11(14)10(13)6-8-12(9)7-4-2/h3-4,6,8,14H,1-2,5,7H2. The number of aromatic nitrogens is 1. The van der Waals surface area contributed by atoms with Crippen LogP contribution in [-0.4, -0.2) is 9.67 Å². The fourth-order valence-electron chi connectivity index (χ4n) is 1.27. The Morgan fingerprint density at radius 1 is 1.43 bits per heavy atom. The van der Waals surface area contributed by atoms with E-state index < -0.39 is 0 Å². The van der Waals surface area contributed by atoms with Crippen LogP contribution in [0.3, 0.4) is 0 Å². The molecule has 0 aliphatic carbocycles. The summed E-state index contributed by atoms with van der Waals surface area (Å²) < 4.78 is 1.77. The Morgan fingerprint density at radius 2 is 2.14 bits per heavy atom. The maximum Gasteiger partial charge on any atom is 0.223 e. The number of nitrogens with zero attached hydrogens (tertiary/aromatic N) is 1. The fourth-order valence-corrected chi connectivity index (χ4v) is 1.27. The molecular weight excluding hydrogens is 178 g/mol. The average molecular weight is 191 g/mol. The molecule has 0 aromatic carbocycles. The number of hydrogen-bond donors (Lipinski definition) is 1. The number of pyridine rings is 1. The monoisotopic (exact) mass is 191 g/mol. The summed E-state index contributed by atoms with van der Waals surface area (Å²) in [5, 5.41) is 9.52. The predicted molar refractivity (Wildman–Crippen MR) is 56.5 cm³/mol. The quantitative estimate of drug-likeness (QED) is 0.732. The van der Waals surface area contributed by atoms with Gasteiger partial charge in [0.1, 0.15) is 0 Å². The van der Waals surface area contributed by atoms with Crippen molar-refractivity contribution >= 4 is 0 Å². The van der Waals surface area contributed by atoms with Crippen LogP contribution in [-0.2, 0) is 13.0 Å². The normalized spacial score (nSPS) is 9.71. The Hall–Kier alpha value is -1.77. The van der Waals surface area contributed by atoms with E-state index in [9.17, 15) is 9.90 Å². The SMILES string of the molecule is C=CCc1c(O)c(=O)ccn1CC=C. The van der Waals surface area contributed by atoms with E-state index in [0.717, 1.165) is 0 Å². The molecule has 1 aromatic heterocycles. The molecule has 1 rings (SSSR count). The van der Waals surface area contributed by atoms with Crippen LogP contribution < -0.4 is 5.43 Å². The van der Waals surface area contributed by atoms with Gasteiger partial charge < -0.3 is 9.67 Å². The number of aromatic hydroxyl groups is 1. The second-order valence-electron chi connectivity index (χ2n) is 2.91. The van der Waals surface area contributed by atoms with Gasteiger partial charge in [-0.05, 0) is 0 Å². The van der Waals surface area contributed by atoms with Crippen molar-refractivity contribution in [3.63, 3.8) is 0 Å². The highest BCUT2D eigenvalue weighted by molar-refractivity contribution is 5.28. The second kappa shape index (κ2) is 4.46. The highest BCUT2D eigenvalue weighted by Gasteiger charge is 2.06. The van der Waals surface area contributed by atoms with Gasteiger partial charge in [0.2, 0.25) is 5.43 Å². The van der Waals surface area contributed by atoms with Crippen LogP contribution >= 0.6 is 0 Å². The largest absolute Gasteiger partial charge is 0.503 e. The molecule has 0 spiro atoms. The minimum atomic E-state index is -0.359. The first-order valence-electron chi connectivity index (χ1n) is 4.33. The van der Waals surface area contributed by atoms with E-state index in [1.807, 2.05) is 0 Å². The molecule has 0 saturated heterocycles. The molecule has 0 aliphatic heterocycles. The molecular formula is C11H13NO2. The van der Waals surface area contributed by atoms with E-state index >= 15 is 0 Å². The lowest BCUT2D eigenvalue weighted by Crippen LogP contribution is -2.11. The van der Waals surface area contributed by atoms with Gasteiger partial charge in [-0.25, -0.2) is 0 Å². The van der Waals surface area contributed by atoms with Crippen LogP contribution in [0.15, 0.2) is 42.4 Å².